The van der Waals surface area contributed by atoms with Crippen molar-refractivity contribution in [1.29, 1.82) is 5.26 Å². The Morgan fingerprint density at radius 3 is 2.70 bits per heavy atom. The third-order valence-corrected chi connectivity index (χ3v) is 4.68. The molecule has 23 heavy (non-hydrogen) atoms. The van der Waals surface area contributed by atoms with E-state index in [4.69, 9.17) is 9.15 Å². The first kappa shape index (κ1) is 13.8. The van der Waals surface area contributed by atoms with Crippen molar-refractivity contribution >= 4 is 11.1 Å². The molecule has 0 atom stereocenters. The molecule has 0 N–H and O–H groups in total. The highest BCUT2D eigenvalue weighted by Gasteiger charge is 2.41. The van der Waals surface area contributed by atoms with Crippen LogP contribution in [0.2, 0.25) is 0 Å². The number of fused-ring (bicyclic) bond motifs is 1. The van der Waals surface area contributed by atoms with Gasteiger partial charge in [-0.1, -0.05) is 18.2 Å². The monoisotopic (exact) mass is 304 g/mol. The molecule has 4 rings (SSSR count). The fraction of sp³-hybridized carbons (Fsp3) is 0.263. The molecule has 1 aliphatic carbocycles. The summed E-state index contributed by atoms with van der Waals surface area (Å²) in [6.07, 6.45) is 2.87. The Hall–Kier alpha value is -2.80. The van der Waals surface area contributed by atoms with Crippen LogP contribution in [0.4, 0.5) is 0 Å². The molecule has 1 aromatic heterocycles. The van der Waals surface area contributed by atoms with Crippen LogP contribution in [0.5, 0.6) is 5.75 Å². The molecule has 114 valence electrons. The summed E-state index contributed by atoms with van der Waals surface area (Å²) in [5, 5.41) is 9.56. The summed E-state index contributed by atoms with van der Waals surface area (Å²) >= 11 is 0. The molecular formula is C19H16N2O2. The average molecular weight is 304 g/mol. The Bertz CT molecular complexity index is 884. The van der Waals surface area contributed by atoms with Crippen LogP contribution in [0.15, 0.2) is 46.9 Å². The zero-order chi connectivity index (χ0) is 15.9. The SMILES string of the molecule is COc1cc(-c2nc3ccccc3o2)ccc1C1(C#N)CCC1. The van der Waals surface area contributed by atoms with E-state index in [1.807, 2.05) is 42.5 Å². The van der Waals surface area contributed by atoms with Crippen LogP contribution in [0, 0.1) is 11.3 Å². The largest absolute Gasteiger partial charge is 0.496 e. The number of hydrogen-bond donors (Lipinski definition) is 0. The average Bonchev–Trinajstić information content (AvgIpc) is 2.98. The van der Waals surface area contributed by atoms with Crippen LogP contribution < -0.4 is 4.74 Å². The number of oxazole rings is 1. The van der Waals surface area contributed by atoms with Crippen LogP contribution in [0.25, 0.3) is 22.6 Å². The molecule has 1 aliphatic rings. The van der Waals surface area contributed by atoms with E-state index in [1.165, 1.54) is 0 Å². The molecule has 4 nitrogen and oxygen atoms in total. The molecule has 4 heteroatoms. The van der Waals surface area contributed by atoms with Crippen LogP contribution >= 0.6 is 0 Å². The first-order valence-electron chi connectivity index (χ1n) is 7.71. The van der Waals surface area contributed by atoms with Crippen molar-refractivity contribution in [2.75, 3.05) is 7.11 Å². The standard InChI is InChI=1S/C19H16N2O2/c1-22-17-11-13(7-8-14(17)19(12-20)9-4-10-19)18-21-15-5-2-3-6-16(15)23-18/h2-3,5-8,11H,4,9-10H2,1H3. The van der Waals surface area contributed by atoms with Gasteiger partial charge in [0.1, 0.15) is 11.3 Å². The number of rotatable bonds is 3. The molecule has 0 unspecified atom stereocenters. The van der Waals surface area contributed by atoms with Crippen molar-refractivity contribution in [3.05, 3.63) is 48.0 Å². The fourth-order valence-corrected chi connectivity index (χ4v) is 3.19. The molecule has 3 aromatic rings. The van der Waals surface area contributed by atoms with Crippen LogP contribution in [-0.4, -0.2) is 12.1 Å². The summed E-state index contributed by atoms with van der Waals surface area (Å²) in [6.45, 7) is 0. The normalized spacial score (nSPS) is 15.8. The van der Waals surface area contributed by atoms with Gasteiger partial charge in [0.25, 0.3) is 0 Å². The summed E-state index contributed by atoms with van der Waals surface area (Å²) in [5.74, 6) is 1.29. The quantitative estimate of drug-likeness (QED) is 0.717. The van der Waals surface area contributed by atoms with Gasteiger partial charge in [0.15, 0.2) is 5.58 Å². The number of para-hydroxylation sites is 2. The molecule has 0 saturated heterocycles. The van der Waals surface area contributed by atoms with Crippen molar-refractivity contribution in [2.45, 2.75) is 24.7 Å². The molecule has 0 spiro atoms. The zero-order valence-corrected chi connectivity index (χ0v) is 12.9. The van der Waals surface area contributed by atoms with Gasteiger partial charge in [0.05, 0.1) is 18.6 Å². The minimum absolute atomic E-state index is 0.398. The number of nitrogens with zero attached hydrogens (tertiary/aromatic N) is 2. The van der Waals surface area contributed by atoms with E-state index in [2.05, 4.69) is 11.1 Å². The van der Waals surface area contributed by atoms with Gasteiger partial charge < -0.3 is 9.15 Å². The zero-order valence-electron chi connectivity index (χ0n) is 12.9. The topological polar surface area (TPSA) is 59.1 Å². The number of nitriles is 1. The Morgan fingerprint density at radius 2 is 2.04 bits per heavy atom. The highest BCUT2D eigenvalue weighted by molar-refractivity contribution is 5.76. The van der Waals surface area contributed by atoms with Crippen LogP contribution in [-0.2, 0) is 5.41 Å². The van der Waals surface area contributed by atoms with E-state index in [0.717, 1.165) is 47.2 Å². The van der Waals surface area contributed by atoms with Gasteiger partial charge in [-0.05, 0) is 43.5 Å². The van der Waals surface area contributed by atoms with E-state index in [0.29, 0.717) is 5.89 Å². The molecular weight excluding hydrogens is 288 g/mol. The van der Waals surface area contributed by atoms with Gasteiger partial charge in [-0.25, -0.2) is 4.98 Å². The maximum atomic E-state index is 9.56. The second-order valence-electron chi connectivity index (χ2n) is 5.95. The molecule has 0 aliphatic heterocycles. The van der Waals surface area contributed by atoms with Gasteiger partial charge in [-0.15, -0.1) is 0 Å². The molecule has 2 aromatic carbocycles. The third-order valence-electron chi connectivity index (χ3n) is 4.68. The predicted octanol–water partition coefficient (Wildman–Crippen LogP) is 4.45. The fourth-order valence-electron chi connectivity index (χ4n) is 3.19. The van der Waals surface area contributed by atoms with Crippen molar-refractivity contribution in [2.24, 2.45) is 0 Å². The van der Waals surface area contributed by atoms with Crippen molar-refractivity contribution in [3.8, 4) is 23.3 Å². The Balaban J connectivity index is 1.80. The first-order chi connectivity index (χ1) is 11.3. The van der Waals surface area contributed by atoms with Crippen LogP contribution in [0.1, 0.15) is 24.8 Å². The van der Waals surface area contributed by atoms with Crippen molar-refractivity contribution in [1.82, 2.24) is 4.98 Å². The smallest absolute Gasteiger partial charge is 0.227 e. The Morgan fingerprint density at radius 1 is 1.22 bits per heavy atom. The Kier molecular flexibility index (Phi) is 3.09. The van der Waals surface area contributed by atoms with Gasteiger partial charge in [-0.2, -0.15) is 5.26 Å². The summed E-state index contributed by atoms with van der Waals surface area (Å²) in [6, 6.07) is 16.0. The summed E-state index contributed by atoms with van der Waals surface area (Å²) < 4.78 is 11.4. The first-order valence-corrected chi connectivity index (χ1v) is 7.71. The van der Waals surface area contributed by atoms with Gasteiger partial charge in [0.2, 0.25) is 5.89 Å². The third kappa shape index (κ3) is 2.08. The minimum atomic E-state index is -0.398. The lowest BCUT2D eigenvalue weighted by atomic mass is 9.65. The number of benzene rings is 2. The van der Waals surface area contributed by atoms with Gasteiger partial charge in [0, 0.05) is 11.1 Å². The lowest BCUT2D eigenvalue weighted by Gasteiger charge is -2.36. The van der Waals surface area contributed by atoms with Crippen LogP contribution in [0.3, 0.4) is 0 Å². The minimum Gasteiger partial charge on any atom is -0.496 e. The Labute approximate surface area is 134 Å². The van der Waals surface area contributed by atoms with E-state index >= 15 is 0 Å². The van der Waals surface area contributed by atoms with E-state index in [9.17, 15) is 5.26 Å². The predicted molar refractivity (Wildman–Crippen MR) is 87.1 cm³/mol. The van der Waals surface area contributed by atoms with E-state index in [-0.39, 0.29) is 0 Å². The highest BCUT2D eigenvalue weighted by Crippen LogP contribution is 2.47. The summed E-state index contributed by atoms with van der Waals surface area (Å²) in [7, 11) is 1.64. The second kappa shape index (κ2) is 5.13. The van der Waals surface area contributed by atoms with Crippen molar-refractivity contribution < 1.29 is 9.15 Å². The molecule has 0 radical (unpaired) electrons. The molecule has 1 fully saturated rings. The summed E-state index contributed by atoms with van der Waals surface area (Å²) in [4.78, 5) is 4.52. The second-order valence-corrected chi connectivity index (χ2v) is 5.95. The molecule has 0 bridgehead atoms. The highest BCUT2D eigenvalue weighted by atomic mass is 16.5. The summed E-state index contributed by atoms with van der Waals surface area (Å²) in [5.41, 5.74) is 3.02. The maximum Gasteiger partial charge on any atom is 0.227 e. The maximum absolute atomic E-state index is 9.56. The molecule has 1 saturated carbocycles. The number of aromatic nitrogens is 1. The van der Waals surface area contributed by atoms with E-state index < -0.39 is 5.41 Å². The lowest BCUT2D eigenvalue weighted by Crippen LogP contribution is -2.32. The lowest BCUT2D eigenvalue weighted by molar-refractivity contribution is 0.307. The van der Waals surface area contributed by atoms with Gasteiger partial charge >= 0.3 is 0 Å². The number of methoxy groups -OCH3 is 1. The molecule has 0 amide bonds. The van der Waals surface area contributed by atoms with Crippen molar-refractivity contribution in [3.63, 3.8) is 0 Å². The number of ether oxygens (including phenoxy) is 1. The molecule has 1 heterocycles. The van der Waals surface area contributed by atoms with Gasteiger partial charge in [-0.3, -0.25) is 0 Å². The number of hydrogen-bond acceptors (Lipinski definition) is 4. The van der Waals surface area contributed by atoms with E-state index in [1.54, 1.807) is 7.11 Å².